The number of fused-ring (bicyclic) bond motifs is 2. The molecule has 4 nitrogen and oxygen atoms in total. The van der Waals surface area contributed by atoms with Crippen LogP contribution in [-0.4, -0.2) is 19.6 Å². The molecule has 0 aliphatic heterocycles. The van der Waals surface area contributed by atoms with Crippen LogP contribution in [0, 0.1) is 17.8 Å². The van der Waals surface area contributed by atoms with Gasteiger partial charge in [-0.15, -0.1) is 0 Å². The Bertz CT molecular complexity index is 594. The van der Waals surface area contributed by atoms with E-state index in [4.69, 9.17) is 4.74 Å². The number of hydrogen-bond acceptors (Lipinski definition) is 3. The molecule has 2 fully saturated rings. The second-order valence-corrected chi connectivity index (χ2v) is 6.78. The summed E-state index contributed by atoms with van der Waals surface area (Å²) in [6, 6.07) is 4.69. The summed E-state index contributed by atoms with van der Waals surface area (Å²) >= 11 is 0. The molecule has 1 aromatic rings. The Labute approximate surface area is 140 Å². The number of nitrogens with one attached hydrogen (secondary N) is 1. The van der Waals surface area contributed by atoms with Crippen LogP contribution in [0.3, 0.4) is 0 Å². The van der Waals surface area contributed by atoms with Crippen molar-refractivity contribution >= 4 is 5.91 Å². The van der Waals surface area contributed by atoms with E-state index < -0.39 is 6.61 Å². The predicted octanol–water partition coefficient (Wildman–Crippen LogP) is 3.74. The number of ether oxygens (including phenoxy) is 2. The fourth-order valence-corrected chi connectivity index (χ4v) is 4.15. The summed E-state index contributed by atoms with van der Waals surface area (Å²) in [5, 5.41) is 2.91. The van der Waals surface area contributed by atoms with E-state index in [1.165, 1.54) is 38.9 Å². The van der Waals surface area contributed by atoms with E-state index in [1.54, 1.807) is 12.1 Å². The Kier molecular flexibility index (Phi) is 5.21. The lowest BCUT2D eigenvalue weighted by molar-refractivity contribution is -0.122. The summed E-state index contributed by atoms with van der Waals surface area (Å²) in [6.45, 7) is -2.54. The van der Waals surface area contributed by atoms with Crippen LogP contribution in [0.4, 0.5) is 8.78 Å². The molecule has 3 rings (SSSR count). The minimum Gasteiger partial charge on any atom is -0.493 e. The van der Waals surface area contributed by atoms with Crippen molar-refractivity contribution in [2.24, 2.45) is 17.8 Å². The van der Waals surface area contributed by atoms with Crippen molar-refractivity contribution in [3.8, 4) is 11.5 Å². The Hall–Kier alpha value is -1.85. The predicted molar refractivity (Wildman–Crippen MR) is 85.0 cm³/mol. The molecular weight excluding hydrogens is 316 g/mol. The molecule has 2 aliphatic carbocycles. The lowest BCUT2D eigenvalue weighted by Crippen LogP contribution is -2.26. The monoisotopic (exact) mass is 339 g/mol. The maximum atomic E-state index is 12.3. The van der Waals surface area contributed by atoms with Gasteiger partial charge in [-0.2, -0.15) is 8.78 Å². The minimum absolute atomic E-state index is 0.00967. The third kappa shape index (κ3) is 3.97. The van der Waals surface area contributed by atoms with Gasteiger partial charge in [0.1, 0.15) is 0 Å². The van der Waals surface area contributed by atoms with Gasteiger partial charge in [0.2, 0.25) is 5.91 Å². The zero-order valence-corrected chi connectivity index (χ0v) is 13.8. The number of methoxy groups -OCH3 is 1. The number of carbonyl (C=O) groups is 1. The average Bonchev–Trinajstić information content (AvgIpc) is 3.16. The van der Waals surface area contributed by atoms with E-state index in [0.717, 1.165) is 17.4 Å². The van der Waals surface area contributed by atoms with Crippen LogP contribution in [0.25, 0.3) is 0 Å². The summed E-state index contributed by atoms with van der Waals surface area (Å²) in [5.74, 6) is 2.37. The zero-order valence-electron chi connectivity index (χ0n) is 13.8. The molecule has 0 saturated heterocycles. The van der Waals surface area contributed by atoms with Crippen LogP contribution in [0.15, 0.2) is 18.2 Å². The van der Waals surface area contributed by atoms with E-state index in [9.17, 15) is 13.6 Å². The highest BCUT2D eigenvalue weighted by molar-refractivity contribution is 5.76. The standard InChI is InChI=1S/C18H23F2NO3/c1-23-16-8-12(3-5-15(16)24-18(19)20)10-21-17(22)9-14-7-11-2-4-13(14)6-11/h3,5,8,11,13-14,18H,2,4,6-7,9-10H2,1H3,(H,21,22)/t11-,13+,14+/m0/s1. The van der Waals surface area contributed by atoms with Crippen LogP contribution in [-0.2, 0) is 11.3 Å². The largest absolute Gasteiger partial charge is 0.493 e. The van der Waals surface area contributed by atoms with Crippen LogP contribution >= 0.6 is 0 Å². The molecule has 132 valence electrons. The van der Waals surface area contributed by atoms with Gasteiger partial charge in [0.25, 0.3) is 0 Å². The number of halogens is 2. The van der Waals surface area contributed by atoms with Gasteiger partial charge < -0.3 is 14.8 Å². The van der Waals surface area contributed by atoms with Crippen molar-refractivity contribution in [1.82, 2.24) is 5.32 Å². The van der Waals surface area contributed by atoms with E-state index >= 15 is 0 Å². The van der Waals surface area contributed by atoms with Crippen LogP contribution in [0.5, 0.6) is 11.5 Å². The third-order valence-corrected chi connectivity index (χ3v) is 5.27. The second kappa shape index (κ2) is 7.36. The summed E-state index contributed by atoms with van der Waals surface area (Å²) in [4.78, 5) is 12.1. The lowest BCUT2D eigenvalue weighted by Gasteiger charge is -2.21. The van der Waals surface area contributed by atoms with Gasteiger partial charge >= 0.3 is 6.61 Å². The number of alkyl halides is 2. The molecule has 2 aliphatic rings. The fourth-order valence-electron chi connectivity index (χ4n) is 4.15. The van der Waals surface area contributed by atoms with Crippen LogP contribution in [0.1, 0.15) is 37.7 Å². The SMILES string of the molecule is COc1cc(CNC(=O)C[C@H]2C[C@H]3CC[C@@H]2C3)ccc1OC(F)F. The molecule has 6 heteroatoms. The molecule has 1 aromatic carbocycles. The van der Waals surface area contributed by atoms with Crippen molar-refractivity contribution in [2.45, 2.75) is 45.3 Å². The first-order valence-corrected chi connectivity index (χ1v) is 8.43. The fraction of sp³-hybridized carbons (Fsp3) is 0.611. The number of carbonyl (C=O) groups excluding carboxylic acids is 1. The summed E-state index contributed by atoms with van der Waals surface area (Å²) in [7, 11) is 1.39. The quantitative estimate of drug-likeness (QED) is 0.823. The first-order valence-electron chi connectivity index (χ1n) is 8.43. The smallest absolute Gasteiger partial charge is 0.387 e. The number of amides is 1. The highest BCUT2D eigenvalue weighted by atomic mass is 19.3. The molecule has 0 unspecified atom stereocenters. The normalized spacial score (nSPS) is 25.1. The van der Waals surface area contributed by atoms with E-state index in [0.29, 0.717) is 18.9 Å². The van der Waals surface area contributed by atoms with Gasteiger partial charge in [0.05, 0.1) is 7.11 Å². The first kappa shape index (κ1) is 17.0. The number of benzene rings is 1. The molecule has 2 bridgehead atoms. The molecule has 0 radical (unpaired) electrons. The van der Waals surface area contributed by atoms with Crippen molar-refractivity contribution in [2.75, 3.05) is 7.11 Å². The molecule has 1 amide bonds. The van der Waals surface area contributed by atoms with Gasteiger partial charge in [-0.3, -0.25) is 4.79 Å². The van der Waals surface area contributed by atoms with Gasteiger partial charge in [0, 0.05) is 13.0 Å². The van der Waals surface area contributed by atoms with Crippen LogP contribution < -0.4 is 14.8 Å². The Morgan fingerprint density at radius 1 is 1.29 bits per heavy atom. The highest BCUT2D eigenvalue weighted by Gasteiger charge is 2.39. The maximum Gasteiger partial charge on any atom is 0.387 e. The average molecular weight is 339 g/mol. The Morgan fingerprint density at radius 2 is 2.12 bits per heavy atom. The van der Waals surface area contributed by atoms with Gasteiger partial charge in [-0.25, -0.2) is 0 Å². The van der Waals surface area contributed by atoms with E-state index in [-0.39, 0.29) is 17.4 Å². The summed E-state index contributed by atoms with van der Waals surface area (Å²) < 4.78 is 34.1. The molecule has 1 N–H and O–H groups in total. The van der Waals surface area contributed by atoms with Gasteiger partial charge in [-0.1, -0.05) is 12.5 Å². The maximum absolute atomic E-state index is 12.3. The molecule has 0 heterocycles. The van der Waals surface area contributed by atoms with Crippen molar-refractivity contribution in [3.05, 3.63) is 23.8 Å². The van der Waals surface area contributed by atoms with E-state index in [2.05, 4.69) is 10.1 Å². The van der Waals surface area contributed by atoms with Crippen LogP contribution in [0.2, 0.25) is 0 Å². The van der Waals surface area contributed by atoms with Crippen molar-refractivity contribution < 1.29 is 23.0 Å². The molecule has 2 saturated carbocycles. The van der Waals surface area contributed by atoms with E-state index in [1.807, 2.05) is 0 Å². The molecule has 3 atom stereocenters. The molecular formula is C18H23F2NO3. The highest BCUT2D eigenvalue weighted by Crippen LogP contribution is 2.49. The molecule has 0 aromatic heterocycles. The van der Waals surface area contributed by atoms with Crippen molar-refractivity contribution in [3.63, 3.8) is 0 Å². The second-order valence-electron chi connectivity index (χ2n) is 6.78. The van der Waals surface area contributed by atoms with Gasteiger partial charge in [0.15, 0.2) is 11.5 Å². The Balaban J connectivity index is 1.51. The number of hydrogen-bond donors (Lipinski definition) is 1. The molecule has 0 spiro atoms. The zero-order chi connectivity index (χ0) is 17.1. The first-order chi connectivity index (χ1) is 11.5. The van der Waals surface area contributed by atoms with Crippen molar-refractivity contribution in [1.29, 1.82) is 0 Å². The number of rotatable bonds is 7. The third-order valence-electron chi connectivity index (χ3n) is 5.27. The summed E-state index contributed by atoms with van der Waals surface area (Å²) in [5.41, 5.74) is 0.787. The summed E-state index contributed by atoms with van der Waals surface area (Å²) in [6.07, 6.45) is 5.66. The lowest BCUT2D eigenvalue weighted by atomic mass is 9.86. The minimum atomic E-state index is -2.90. The Morgan fingerprint density at radius 3 is 2.75 bits per heavy atom. The topological polar surface area (TPSA) is 47.6 Å². The van der Waals surface area contributed by atoms with Gasteiger partial charge in [-0.05, 0) is 54.7 Å². The molecule has 24 heavy (non-hydrogen) atoms.